The first-order chi connectivity index (χ1) is 16.6. The molecule has 4 rings (SSSR count). The average Bonchev–Trinajstić information content (AvgIpc) is 3.03. The Morgan fingerprint density at radius 1 is 1.31 bits per heavy atom. The summed E-state index contributed by atoms with van der Waals surface area (Å²) in [5.41, 5.74) is 5.83. The maximum absolute atomic E-state index is 13.0. The molecule has 2 aliphatic heterocycles. The van der Waals surface area contributed by atoms with E-state index in [0.717, 1.165) is 47.8 Å². The number of nitrogens with zero attached hydrogens (tertiary/aromatic N) is 2. The highest BCUT2D eigenvalue weighted by Crippen LogP contribution is 2.56. The van der Waals surface area contributed by atoms with Gasteiger partial charge in [-0.25, -0.2) is 4.79 Å². The van der Waals surface area contributed by atoms with E-state index in [2.05, 4.69) is 31.5 Å². The molecule has 0 spiro atoms. The molecule has 0 aromatic heterocycles. The zero-order valence-corrected chi connectivity index (χ0v) is 22.1. The molecule has 6 nitrogen and oxygen atoms in total. The number of benzene rings is 2. The highest BCUT2D eigenvalue weighted by Gasteiger charge is 2.53. The second kappa shape index (κ2) is 9.57. The van der Waals surface area contributed by atoms with Crippen molar-refractivity contribution >= 4 is 11.7 Å². The third kappa shape index (κ3) is 4.40. The predicted octanol–water partition coefficient (Wildman–Crippen LogP) is 5.12. The van der Waals surface area contributed by atoms with Gasteiger partial charge in [0.05, 0.1) is 18.1 Å². The van der Waals surface area contributed by atoms with Crippen LogP contribution >= 0.6 is 0 Å². The van der Waals surface area contributed by atoms with Crippen molar-refractivity contribution < 1.29 is 19.0 Å². The maximum atomic E-state index is 13.0. The number of aryl methyl sites for hydroxylation is 1. The SMILES string of the molecule is C=C(C)[C@@]12CCN(C)Cc3ccc(OC)c(c31)OC2C[C@H](C)OC(=O)c1ccc(N(C)C)c(C)c1. The third-order valence-corrected chi connectivity index (χ3v) is 7.54. The lowest BCUT2D eigenvalue weighted by Crippen LogP contribution is -2.42. The molecule has 6 heteroatoms. The molecule has 3 atom stereocenters. The number of carbonyl (C=O) groups is 1. The van der Waals surface area contributed by atoms with Crippen LogP contribution in [-0.2, 0) is 16.7 Å². The molecule has 0 aliphatic carbocycles. The van der Waals surface area contributed by atoms with Crippen LogP contribution in [0, 0.1) is 6.92 Å². The van der Waals surface area contributed by atoms with Gasteiger partial charge in [0, 0.05) is 38.3 Å². The fraction of sp³-hybridized carbons (Fsp3) is 0.483. The number of carbonyl (C=O) groups excluding carboxylic acids is 1. The summed E-state index contributed by atoms with van der Waals surface area (Å²) in [7, 11) is 7.80. The lowest BCUT2D eigenvalue weighted by molar-refractivity contribution is 0.0180. The van der Waals surface area contributed by atoms with Crippen LogP contribution < -0.4 is 14.4 Å². The van der Waals surface area contributed by atoms with E-state index in [1.54, 1.807) is 7.11 Å². The van der Waals surface area contributed by atoms with Crippen LogP contribution in [0.1, 0.15) is 53.7 Å². The fourth-order valence-corrected chi connectivity index (χ4v) is 5.77. The van der Waals surface area contributed by atoms with Gasteiger partial charge in [0.25, 0.3) is 0 Å². The number of anilines is 1. The minimum atomic E-state index is -0.353. The number of hydrogen-bond donors (Lipinski definition) is 0. The summed E-state index contributed by atoms with van der Waals surface area (Å²) in [5, 5.41) is 0. The normalized spacial score (nSPS) is 22.0. The van der Waals surface area contributed by atoms with Crippen molar-refractivity contribution in [1.82, 2.24) is 4.90 Å². The van der Waals surface area contributed by atoms with Crippen LogP contribution in [0.3, 0.4) is 0 Å². The van der Waals surface area contributed by atoms with Crippen LogP contribution in [0.4, 0.5) is 5.69 Å². The Morgan fingerprint density at radius 3 is 2.69 bits per heavy atom. The third-order valence-electron chi connectivity index (χ3n) is 7.54. The smallest absolute Gasteiger partial charge is 0.338 e. The molecule has 0 saturated heterocycles. The van der Waals surface area contributed by atoms with Gasteiger partial charge in [-0.05, 0) is 76.2 Å². The average molecular weight is 479 g/mol. The largest absolute Gasteiger partial charge is 0.493 e. The number of rotatable bonds is 7. The van der Waals surface area contributed by atoms with Crippen LogP contribution in [0.2, 0.25) is 0 Å². The zero-order valence-electron chi connectivity index (χ0n) is 22.1. The summed E-state index contributed by atoms with van der Waals surface area (Å²) in [6, 6.07) is 9.81. The van der Waals surface area contributed by atoms with Gasteiger partial charge in [-0.1, -0.05) is 18.2 Å². The summed E-state index contributed by atoms with van der Waals surface area (Å²) >= 11 is 0. The van der Waals surface area contributed by atoms with Crippen molar-refractivity contribution in [2.24, 2.45) is 0 Å². The van der Waals surface area contributed by atoms with Crippen LogP contribution in [0.5, 0.6) is 11.5 Å². The molecule has 0 N–H and O–H groups in total. The van der Waals surface area contributed by atoms with Gasteiger partial charge in [0.15, 0.2) is 11.5 Å². The minimum absolute atomic E-state index is 0.197. The molecule has 2 aliphatic rings. The molecule has 0 bridgehead atoms. The highest BCUT2D eigenvalue weighted by molar-refractivity contribution is 5.90. The summed E-state index contributed by atoms with van der Waals surface area (Å²) < 4.78 is 18.2. The minimum Gasteiger partial charge on any atom is -0.493 e. The van der Waals surface area contributed by atoms with E-state index in [4.69, 9.17) is 14.2 Å². The van der Waals surface area contributed by atoms with Crippen LogP contribution in [-0.4, -0.2) is 57.9 Å². The van der Waals surface area contributed by atoms with Gasteiger partial charge in [0.2, 0.25) is 0 Å². The predicted molar refractivity (Wildman–Crippen MR) is 140 cm³/mol. The number of esters is 1. The Balaban J connectivity index is 1.60. The van der Waals surface area contributed by atoms with Crippen molar-refractivity contribution in [2.75, 3.05) is 39.7 Å². The van der Waals surface area contributed by atoms with Crippen molar-refractivity contribution in [3.63, 3.8) is 0 Å². The second-order valence-electron chi connectivity index (χ2n) is 10.3. The first-order valence-corrected chi connectivity index (χ1v) is 12.3. The number of ether oxygens (including phenoxy) is 3. The molecular formula is C29H38N2O4. The van der Waals surface area contributed by atoms with E-state index >= 15 is 0 Å². The van der Waals surface area contributed by atoms with Gasteiger partial charge < -0.3 is 24.0 Å². The van der Waals surface area contributed by atoms with Gasteiger partial charge in [0.1, 0.15) is 12.2 Å². The lowest BCUT2D eigenvalue weighted by Gasteiger charge is -2.36. The van der Waals surface area contributed by atoms with Crippen molar-refractivity contribution in [2.45, 2.75) is 57.8 Å². The van der Waals surface area contributed by atoms with Gasteiger partial charge >= 0.3 is 5.97 Å². The van der Waals surface area contributed by atoms with Gasteiger partial charge in [-0.2, -0.15) is 0 Å². The molecule has 0 radical (unpaired) electrons. The maximum Gasteiger partial charge on any atom is 0.338 e. The van der Waals surface area contributed by atoms with Crippen molar-refractivity contribution in [3.05, 3.63) is 64.7 Å². The number of hydrogen-bond acceptors (Lipinski definition) is 6. The van der Waals surface area contributed by atoms with E-state index in [-0.39, 0.29) is 23.6 Å². The van der Waals surface area contributed by atoms with E-state index in [9.17, 15) is 4.79 Å². The standard InChI is InChI=1S/C29H38N2O4/c1-18(2)29-13-14-31(7)17-22-10-12-24(33-8)27(26(22)29)35-25(29)16-20(4)34-28(32)21-9-11-23(30(5)6)19(3)15-21/h9-12,15,20,25H,1,13-14,16-17H2,2-8H3/t20-,25?,29+/m0/s1. The second-order valence-corrected chi connectivity index (χ2v) is 10.3. The Morgan fingerprint density at radius 2 is 2.06 bits per heavy atom. The summed E-state index contributed by atoms with van der Waals surface area (Å²) in [4.78, 5) is 17.4. The quantitative estimate of drug-likeness (QED) is 0.407. The number of methoxy groups -OCH3 is 1. The first kappa shape index (κ1) is 25.1. The Labute approximate surface area is 209 Å². The topological polar surface area (TPSA) is 51.2 Å². The molecule has 0 amide bonds. The van der Waals surface area contributed by atoms with Crippen LogP contribution in [0.25, 0.3) is 0 Å². The lowest BCUT2D eigenvalue weighted by atomic mass is 9.67. The van der Waals surface area contributed by atoms with E-state index in [1.807, 2.05) is 57.1 Å². The van der Waals surface area contributed by atoms with E-state index < -0.39 is 0 Å². The molecule has 0 saturated carbocycles. The summed E-state index contributed by atoms with van der Waals surface area (Å²) in [6.07, 6.45) is 0.927. The molecule has 2 aromatic rings. The van der Waals surface area contributed by atoms with E-state index in [1.165, 1.54) is 11.1 Å². The van der Waals surface area contributed by atoms with Crippen molar-refractivity contribution in [3.8, 4) is 11.5 Å². The zero-order chi connectivity index (χ0) is 25.5. The Bertz CT molecular complexity index is 1140. The summed E-state index contributed by atoms with van der Waals surface area (Å²) in [5.74, 6) is 1.23. The fourth-order valence-electron chi connectivity index (χ4n) is 5.77. The van der Waals surface area contributed by atoms with E-state index in [0.29, 0.717) is 12.0 Å². The van der Waals surface area contributed by atoms with Crippen LogP contribution in [0.15, 0.2) is 42.5 Å². The first-order valence-electron chi connectivity index (χ1n) is 12.3. The molecule has 0 fully saturated rings. The molecule has 2 aromatic carbocycles. The Hall–Kier alpha value is -2.99. The summed E-state index contributed by atoms with van der Waals surface area (Å²) in [6.45, 7) is 12.2. The molecule has 35 heavy (non-hydrogen) atoms. The molecule has 188 valence electrons. The van der Waals surface area contributed by atoms with Gasteiger partial charge in [-0.15, -0.1) is 0 Å². The monoisotopic (exact) mass is 478 g/mol. The molecular weight excluding hydrogens is 440 g/mol. The van der Waals surface area contributed by atoms with Gasteiger partial charge in [-0.3, -0.25) is 0 Å². The molecule has 1 unspecified atom stereocenters. The molecule has 2 heterocycles. The highest BCUT2D eigenvalue weighted by atomic mass is 16.6. The Kier molecular flexibility index (Phi) is 6.87. The van der Waals surface area contributed by atoms with Crippen molar-refractivity contribution in [1.29, 1.82) is 0 Å².